The van der Waals surface area contributed by atoms with Gasteiger partial charge in [-0.2, -0.15) is 5.26 Å². The van der Waals surface area contributed by atoms with E-state index in [2.05, 4.69) is 6.07 Å². The summed E-state index contributed by atoms with van der Waals surface area (Å²) in [5, 5.41) is 10.2. The average molecular weight is 658 g/mol. The minimum Gasteiger partial charge on any atom is -0.454 e. The molecule has 230 valence electrons. The van der Waals surface area contributed by atoms with Crippen LogP contribution in [0.3, 0.4) is 0 Å². The zero-order chi connectivity index (χ0) is 32.9. The Morgan fingerprint density at radius 1 is 0.872 bits per heavy atom. The average Bonchev–Trinajstić information content (AvgIpc) is 3.39. The van der Waals surface area contributed by atoms with E-state index < -0.39 is 29.6 Å². The lowest BCUT2D eigenvalue weighted by molar-refractivity contribution is -0.121. The van der Waals surface area contributed by atoms with Gasteiger partial charge in [0.25, 0.3) is 0 Å². The van der Waals surface area contributed by atoms with Crippen LogP contribution in [0.15, 0.2) is 120 Å². The fraction of sp³-hybridized carbons (Fsp3) is 0.0811. The summed E-state index contributed by atoms with van der Waals surface area (Å²) in [6, 6.07) is 35.2. The predicted octanol–water partition coefficient (Wildman–Crippen LogP) is 7.40. The van der Waals surface area contributed by atoms with E-state index in [-0.39, 0.29) is 23.5 Å². The number of benzene rings is 4. The van der Waals surface area contributed by atoms with E-state index in [0.717, 1.165) is 27.8 Å². The van der Waals surface area contributed by atoms with Crippen molar-refractivity contribution in [3.8, 4) is 28.5 Å². The number of hydrogen-bond donors (Lipinski definition) is 0. The van der Waals surface area contributed by atoms with Crippen LogP contribution in [-0.4, -0.2) is 40.4 Å². The molecule has 1 aromatic heterocycles. The first-order valence-corrected chi connectivity index (χ1v) is 15.7. The SMILES string of the molecule is N#Cc1c(-c2ccccc2)cc(-c2ccccc2)nc1SC1CC(=O)N(c2ccc(C(=O)OCC(=O)c3ccc(Cl)cc3)cc2)C1=O. The van der Waals surface area contributed by atoms with Crippen molar-refractivity contribution in [2.75, 3.05) is 11.5 Å². The number of carbonyl (C=O) groups excluding carboxylic acids is 4. The van der Waals surface area contributed by atoms with E-state index in [1.54, 1.807) is 24.3 Å². The summed E-state index contributed by atoms with van der Waals surface area (Å²) < 4.78 is 5.16. The molecule has 1 fully saturated rings. The number of esters is 1. The molecular weight excluding hydrogens is 634 g/mol. The summed E-state index contributed by atoms with van der Waals surface area (Å²) >= 11 is 6.94. The summed E-state index contributed by atoms with van der Waals surface area (Å²) in [4.78, 5) is 57.6. The number of amides is 2. The van der Waals surface area contributed by atoms with Crippen LogP contribution in [0.2, 0.25) is 5.02 Å². The van der Waals surface area contributed by atoms with Crippen LogP contribution in [0.5, 0.6) is 0 Å². The fourth-order valence-corrected chi connectivity index (χ4v) is 6.35. The number of ketones is 1. The van der Waals surface area contributed by atoms with Gasteiger partial charge in [-0.05, 0) is 60.2 Å². The molecule has 47 heavy (non-hydrogen) atoms. The summed E-state index contributed by atoms with van der Waals surface area (Å²) in [7, 11) is 0. The number of rotatable bonds is 9. The first kappa shape index (κ1) is 31.4. The van der Waals surface area contributed by atoms with Gasteiger partial charge >= 0.3 is 5.97 Å². The third kappa shape index (κ3) is 6.84. The van der Waals surface area contributed by atoms with Crippen LogP contribution < -0.4 is 4.90 Å². The minimum absolute atomic E-state index is 0.0944. The minimum atomic E-state index is -0.819. The molecule has 1 atom stereocenters. The van der Waals surface area contributed by atoms with Crippen LogP contribution in [0.4, 0.5) is 5.69 Å². The third-order valence-corrected chi connectivity index (χ3v) is 8.90. The number of hydrogen-bond acceptors (Lipinski definition) is 8. The first-order chi connectivity index (χ1) is 22.8. The van der Waals surface area contributed by atoms with Gasteiger partial charge < -0.3 is 4.74 Å². The molecule has 0 radical (unpaired) electrons. The van der Waals surface area contributed by atoms with E-state index in [0.29, 0.717) is 32.4 Å². The molecule has 5 aromatic rings. The van der Waals surface area contributed by atoms with E-state index >= 15 is 0 Å². The molecule has 1 unspecified atom stereocenters. The number of carbonyl (C=O) groups is 4. The van der Waals surface area contributed by atoms with Gasteiger partial charge in [-0.1, -0.05) is 84.0 Å². The van der Waals surface area contributed by atoms with Crippen LogP contribution >= 0.6 is 23.4 Å². The number of Topliss-reactive ketones (excluding diaryl/α,β-unsaturated/α-hetero) is 1. The Bertz CT molecular complexity index is 2030. The van der Waals surface area contributed by atoms with Crippen LogP contribution in [0.1, 0.15) is 32.7 Å². The Morgan fingerprint density at radius 2 is 1.49 bits per heavy atom. The fourth-order valence-electron chi connectivity index (χ4n) is 5.10. The predicted molar refractivity (Wildman–Crippen MR) is 179 cm³/mol. The molecule has 0 saturated carbocycles. The summed E-state index contributed by atoms with van der Waals surface area (Å²) in [6.45, 7) is -0.458. The van der Waals surface area contributed by atoms with Gasteiger partial charge in [0.05, 0.1) is 27.8 Å². The summed E-state index contributed by atoms with van der Waals surface area (Å²) in [5.41, 5.74) is 4.10. The highest BCUT2D eigenvalue weighted by molar-refractivity contribution is 8.00. The largest absolute Gasteiger partial charge is 0.454 e. The number of nitrogens with zero attached hydrogens (tertiary/aromatic N) is 3. The van der Waals surface area contributed by atoms with Gasteiger partial charge in [-0.3, -0.25) is 14.4 Å². The van der Waals surface area contributed by atoms with Crippen molar-refractivity contribution in [2.45, 2.75) is 16.7 Å². The van der Waals surface area contributed by atoms with Crippen molar-refractivity contribution < 1.29 is 23.9 Å². The van der Waals surface area contributed by atoms with Crippen molar-refractivity contribution in [1.82, 2.24) is 4.98 Å². The van der Waals surface area contributed by atoms with Gasteiger partial charge in [-0.15, -0.1) is 0 Å². The zero-order valence-corrected chi connectivity index (χ0v) is 26.2. The van der Waals surface area contributed by atoms with E-state index in [4.69, 9.17) is 21.3 Å². The molecule has 1 saturated heterocycles. The van der Waals surface area contributed by atoms with Crippen molar-refractivity contribution in [3.63, 3.8) is 0 Å². The molecule has 0 aliphatic carbocycles. The van der Waals surface area contributed by atoms with Gasteiger partial charge in [0, 0.05) is 28.1 Å². The monoisotopic (exact) mass is 657 g/mol. The molecule has 4 aromatic carbocycles. The maximum atomic E-state index is 13.6. The second kappa shape index (κ2) is 13.8. The normalized spacial score (nSPS) is 14.1. The maximum absolute atomic E-state index is 13.6. The molecule has 2 amide bonds. The van der Waals surface area contributed by atoms with E-state index in [1.807, 2.05) is 66.7 Å². The molecule has 1 aliphatic rings. The lowest BCUT2D eigenvalue weighted by Gasteiger charge is -2.16. The molecule has 0 spiro atoms. The molecular formula is C37H24ClN3O5S. The topological polar surface area (TPSA) is 117 Å². The quantitative estimate of drug-likeness (QED) is 0.0914. The second-order valence-corrected chi connectivity index (χ2v) is 12.1. The zero-order valence-electron chi connectivity index (χ0n) is 24.6. The maximum Gasteiger partial charge on any atom is 0.338 e. The lowest BCUT2D eigenvalue weighted by Crippen LogP contribution is -2.31. The molecule has 0 N–H and O–H groups in total. The van der Waals surface area contributed by atoms with Gasteiger partial charge in [0.1, 0.15) is 11.1 Å². The number of ether oxygens (including phenoxy) is 1. The van der Waals surface area contributed by atoms with E-state index in [9.17, 15) is 24.4 Å². The van der Waals surface area contributed by atoms with Crippen molar-refractivity contribution in [3.05, 3.63) is 137 Å². The molecule has 8 nitrogen and oxygen atoms in total. The highest BCUT2D eigenvalue weighted by atomic mass is 35.5. The molecule has 1 aliphatic heterocycles. The second-order valence-electron chi connectivity index (χ2n) is 10.5. The van der Waals surface area contributed by atoms with E-state index in [1.165, 1.54) is 24.3 Å². The van der Waals surface area contributed by atoms with Crippen LogP contribution in [-0.2, 0) is 14.3 Å². The molecule has 0 bridgehead atoms. The molecule has 10 heteroatoms. The standard InChI is InChI=1S/C37H24ClN3O5S/c38-27-15-11-25(12-16-27)32(42)22-46-37(45)26-13-17-28(18-14-26)41-34(43)20-33(36(41)44)47-35-30(21-39)29(23-7-3-1-4-8-23)19-31(40-35)24-9-5-2-6-10-24/h1-19,33H,20,22H2. The summed E-state index contributed by atoms with van der Waals surface area (Å²) in [6.07, 6.45) is -0.0944. The molecule has 6 rings (SSSR count). The Hall–Kier alpha value is -5.56. The van der Waals surface area contributed by atoms with Gasteiger partial charge in [-0.25, -0.2) is 14.7 Å². The number of imide groups is 1. The Balaban J connectivity index is 1.20. The number of anilines is 1. The number of halogens is 1. The highest BCUT2D eigenvalue weighted by Crippen LogP contribution is 2.39. The lowest BCUT2D eigenvalue weighted by atomic mass is 9.99. The van der Waals surface area contributed by atoms with Crippen molar-refractivity contribution in [1.29, 1.82) is 5.26 Å². The van der Waals surface area contributed by atoms with Gasteiger partial charge in [0.2, 0.25) is 11.8 Å². The number of aromatic nitrogens is 1. The smallest absolute Gasteiger partial charge is 0.338 e. The Morgan fingerprint density at radius 3 is 2.13 bits per heavy atom. The number of thioether (sulfide) groups is 1. The summed E-state index contributed by atoms with van der Waals surface area (Å²) in [5.74, 6) is -1.99. The Kier molecular flexibility index (Phi) is 9.25. The number of nitriles is 1. The van der Waals surface area contributed by atoms with Crippen LogP contribution in [0.25, 0.3) is 22.4 Å². The van der Waals surface area contributed by atoms with Crippen molar-refractivity contribution >= 4 is 52.6 Å². The van der Waals surface area contributed by atoms with Gasteiger partial charge in [0.15, 0.2) is 12.4 Å². The number of pyridine rings is 1. The highest BCUT2D eigenvalue weighted by Gasteiger charge is 2.41. The van der Waals surface area contributed by atoms with Crippen LogP contribution in [0, 0.1) is 11.3 Å². The first-order valence-electron chi connectivity index (χ1n) is 14.5. The Labute approximate surface area is 279 Å². The van der Waals surface area contributed by atoms with Crippen molar-refractivity contribution in [2.24, 2.45) is 0 Å². The third-order valence-electron chi connectivity index (χ3n) is 7.47. The molecule has 2 heterocycles.